The lowest BCUT2D eigenvalue weighted by molar-refractivity contribution is -0.165. The van der Waals surface area contributed by atoms with Gasteiger partial charge >= 0.3 is 11.8 Å². The molecule has 1 aromatic heterocycles. The van der Waals surface area contributed by atoms with Gasteiger partial charge in [-0.05, 0) is 26.3 Å². The topological polar surface area (TPSA) is 145 Å². The molecule has 4 rings (SSSR count). The van der Waals surface area contributed by atoms with Crippen molar-refractivity contribution in [3.63, 3.8) is 0 Å². The van der Waals surface area contributed by atoms with Crippen molar-refractivity contribution < 1.29 is 28.0 Å². The summed E-state index contributed by atoms with van der Waals surface area (Å²) in [6.07, 6.45) is 0. The summed E-state index contributed by atoms with van der Waals surface area (Å²) >= 11 is 1.40. The predicted octanol–water partition coefficient (Wildman–Crippen LogP) is 0.832. The highest BCUT2D eigenvalue weighted by Gasteiger charge is 2.64. The molecule has 0 aliphatic carbocycles. The molecule has 1 aromatic carbocycles. The van der Waals surface area contributed by atoms with Crippen molar-refractivity contribution in [3.8, 4) is 0 Å². The molecule has 3 heterocycles. The van der Waals surface area contributed by atoms with Gasteiger partial charge in [-0.3, -0.25) is 9.59 Å². The maximum Gasteiger partial charge on any atom is 0.519 e. The molecular formula is C21H23N3O7S. The third-order valence-electron chi connectivity index (χ3n) is 5.58. The van der Waals surface area contributed by atoms with Crippen LogP contribution >= 0.6 is 11.8 Å². The van der Waals surface area contributed by atoms with Crippen molar-refractivity contribution in [1.29, 1.82) is 0 Å². The number of rotatable bonds is 6. The average Bonchev–Trinajstić information content (AvgIpc) is 3.22. The zero-order valence-corrected chi connectivity index (χ0v) is 18.5. The molecule has 2 fully saturated rings. The Morgan fingerprint density at radius 2 is 1.94 bits per heavy atom. The third kappa shape index (κ3) is 3.82. The number of hydrogen-bond donors (Lipinski definition) is 2. The Labute approximate surface area is 187 Å². The molecule has 2 saturated heterocycles. The summed E-state index contributed by atoms with van der Waals surface area (Å²) in [5.74, 6) is -2.03. The molecule has 11 heteroatoms. The van der Waals surface area contributed by atoms with Crippen LogP contribution in [0.2, 0.25) is 0 Å². The van der Waals surface area contributed by atoms with Crippen LogP contribution in [0.4, 0.5) is 0 Å². The second-order valence-electron chi connectivity index (χ2n) is 8.18. The molecule has 0 radical (unpaired) electrons. The van der Waals surface area contributed by atoms with E-state index in [1.165, 1.54) is 23.6 Å². The van der Waals surface area contributed by atoms with Crippen LogP contribution in [0.25, 0.3) is 0 Å². The van der Waals surface area contributed by atoms with Gasteiger partial charge in [0.25, 0.3) is 0 Å². The molecule has 2 aliphatic rings. The number of fused-ring (bicyclic) bond motifs is 1. The molecule has 170 valence electrons. The van der Waals surface area contributed by atoms with Crippen LogP contribution in [0.1, 0.15) is 37.0 Å². The first-order valence-electron chi connectivity index (χ1n) is 9.97. The minimum absolute atomic E-state index is 0.110. The number of amides is 2. The summed E-state index contributed by atoms with van der Waals surface area (Å²) in [5.41, 5.74) is 6.66. The van der Waals surface area contributed by atoms with Crippen molar-refractivity contribution in [2.75, 3.05) is 0 Å². The minimum atomic E-state index is -0.911. The lowest BCUT2D eigenvalue weighted by Gasteiger charge is -2.44. The number of hydrogen-bond acceptors (Lipinski definition) is 9. The standard InChI is InChI=1S/C21H23N3O7S/c1-10-12(31-20(28)30-10)9-29-19(27)15-21(2,3)32-18-14(17(26)24(15)18)23-16(25)13(22)11-7-5-4-6-8-11/h4-8,13-15,18H,9,22H2,1-3H3,(H,23,25)/t13?,14?,15?,18-/m1/s1. The highest BCUT2D eigenvalue weighted by molar-refractivity contribution is 8.01. The molecule has 32 heavy (non-hydrogen) atoms. The van der Waals surface area contributed by atoms with Crippen LogP contribution in [0.3, 0.4) is 0 Å². The summed E-state index contributed by atoms with van der Waals surface area (Å²) in [4.78, 5) is 50.8. The van der Waals surface area contributed by atoms with Crippen molar-refractivity contribution in [2.24, 2.45) is 5.73 Å². The Balaban J connectivity index is 1.42. The number of nitrogens with zero attached hydrogens (tertiary/aromatic N) is 1. The number of carbonyl (C=O) groups is 3. The van der Waals surface area contributed by atoms with Crippen LogP contribution < -0.4 is 16.9 Å². The molecular weight excluding hydrogens is 438 g/mol. The molecule has 2 amide bonds. The molecule has 2 aliphatic heterocycles. The van der Waals surface area contributed by atoms with Gasteiger partial charge < -0.3 is 29.5 Å². The van der Waals surface area contributed by atoms with Gasteiger partial charge in [0.2, 0.25) is 11.8 Å². The van der Waals surface area contributed by atoms with E-state index in [0.717, 1.165) is 0 Å². The minimum Gasteiger partial charge on any atom is -0.456 e. The van der Waals surface area contributed by atoms with Crippen LogP contribution in [0.15, 0.2) is 44.0 Å². The van der Waals surface area contributed by atoms with Crippen molar-refractivity contribution in [2.45, 2.75) is 55.6 Å². The smallest absolute Gasteiger partial charge is 0.456 e. The predicted molar refractivity (Wildman–Crippen MR) is 113 cm³/mol. The quantitative estimate of drug-likeness (QED) is 0.472. The van der Waals surface area contributed by atoms with Gasteiger partial charge in [-0.15, -0.1) is 11.8 Å². The second kappa shape index (κ2) is 8.14. The first-order chi connectivity index (χ1) is 15.1. The summed E-state index contributed by atoms with van der Waals surface area (Å²) in [7, 11) is 0. The Kier molecular flexibility index (Phi) is 5.63. The largest absolute Gasteiger partial charge is 0.519 e. The van der Waals surface area contributed by atoms with Crippen LogP contribution in [0.5, 0.6) is 0 Å². The Morgan fingerprint density at radius 3 is 2.56 bits per heavy atom. The normalized spacial score (nSPS) is 24.4. The lowest BCUT2D eigenvalue weighted by Crippen LogP contribution is -2.71. The van der Waals surface area contributed by atoms with Crippen molar-refractivity contribution >= 4 is 29.5 Å². The molecule has 0 saturated carbocycles. The van der Waals surface area contributed by atoms with E-state index in [1.807, 2.05) is 19.9 Å². The van der Waals surface area contributed by atoms with Gasteiger partial charge in [0.05, 0.1) is 0 Å². The maximum atomic E-state index is 12.8. The van der Waals surface area contributed by atoms with E-state index < -0.39 is 45.9 Å². The van der Waals surface area contributed by atoms with E-state index in [4.69, 9.17) is 19.3 Å². The highest BCUT2D eigenvalue weighted by atomic mass is 32.2. The van der Waals surface area contributed by atoms with Gasteiger partial charge in [-0.2, -0.15) is 0 Å². The van der Waals surface area contributed by atoms with Gasteiger partial charge in [-0.1, -0.05) is 30.3 Å². The van der Waals surface area contributed by atoms with E-state index in [0.29, 0.717) is 5.56 Å². The molecule has 0 spiro atoms. The fourth-order valence-electron chi connectivity index (χ4n) is 3.90. The maximum absolute atomic E-state index is 12.8. The number of aryl methyl sites for hydroxylation is 1. The van der Waals surface area contributed by atoms with Crippen molar-refractivity contribution in [3.05, 3.63) is 58.0 Å². The molecule has 3 unspecified atom stereocenters. The van der Waals surface area contributed by atoms with E-state index in [9.17, 15) is 19.2 Å². The van der Waals surface area contributed by atoms with Gasteiger partial charge in [0, 0.05) is 4.75 Å². The second-order valence-corrected chi connectivity index (χ2v) is 9.95. The lowest BCUT2D eigenvalue weighted by atomic mass is 9.95. The van der Waals surface area contributed by atoms with E-state index in [1.54, 1.807) is 24.3 Å². The number of esters is 1. The van der Waals surface area contributed by atoms with Crippen molar-refractivity contribution in [1.82, 2.24) is 10.2 Å². The van der Waals surface area contributed by atoms with Crippen LogP contribution in [0, 0.1) is 6.92 Å². The number of carbonyl (C=O) groups excluding carboxylic acids is 3. The van der Waals surface area contributed by atoms with E-state index in [2.05, 4.69) is 5.32 Å². The molecule has 4 atom stereocenters. The number of nitrogens with two attached hydrogens (primary N) is 1. The number of nitrogens with one attached hydrogen (secondary N) is 1. The molecule has 2 aromatic rings. The summed E-state index contributed by atoms with van der Waals surface area (Å²) in [6, 6.07) is 6.30. The average molecular weight is 461 g/mol. The van der Waals surface area contributed by atoms with Gasteiger partial charge in [0.15, 0.2) is 18.1 Å². The Hall–Kier alpha value is -3.05. The Morgan fingerprint density at radius 1 is 1.25 bits per heavy atom. The fraction of sp³-hybridized carbons (Fsp3) is 0.429. The number of thioether (sulfide) groups is 1. The van der Waals surface area contributed by atoms with Gasteiger partial charge in [-0.25, -0.2) is 9.59 Å². The first kappa shape index (κ1) is 22.2. The first-order valence-corrected chi connectivity index (χ1v) is 10.8. The SMILES string of the molecule is Cc1oc(=O)oc1COC(=O)C1N2C(=O)C(NC(=O)C(N)c3ccccc3)[C@H]2SC1(C)C. The number of benzene rings is 1. The monoisotopic (exact) mass is 461 g/mol. The summed E-state index contributed by atoms with van der Waals surface area (Å²) < 4.78 is 14.2. The summed E-state index contributed by atoms with van der Waals surface area (Å²) in [6.45, 7) is 4.89. The van der Waals surface area contributed by atoms with E-state index in [-0.39, 0.29) is 24.0 Å². The zero-order chi connectivity index (χ0) is 23.2. The Bertz CT molecular complexity index is 1110. The molecule has 3 N–H and O–H groups in total. The fourth-order valence-corrected chi connectivity index (χ4v) is 5.52. The third-order valence-corrected chi connectivity index (χ3v) is 7.16. The summed E-state index contributed by atoms with van der Waals surface area (Å²) in [5, 5.41) is 2.29. The molecule has 10 nitrogen and oxygen atoms in total. The molecule has 0 bridgehead atoms. The number of β-lactam (4-membered cyclic amide) rings is 1. The van der Waals surface area contributed by atoms with Crippen LogP contribution in [-0.4, -0.2) is 44.9 Å². The van der Waals surface area contributed by atoms with E-state index >= 15 is 0 Å². The zero-order valence-electron chi connectivity index (χ0n) is 17.7. The van der Waals surface area contributed by atoms with Crippen LogP contribution in [-0.2, 0) is 25.7 Å². The highest BCUT2D eigenvalue weighted by Crippen LogP contribution is 2.51. The number of ether oxygens (including phenoxy) is 1. The van der Waals surface area contributed by atoms with Gasteiger partial charge in [0.1, 0.15) is 23.5 Å².